The van der Waals surface area contributed by atoms with E-state index in [-0.39, 0.29) is 0 Å². The molecule has 0 amide bonds. The molecule has 102 valence electrons. The van der Waals surface area contributed by atoms with E-state index < -0.39 is 0 Å². The lowest BCUT2D eigenvalue weighted by Crippen LogP contribution is -2.16. The molecular formula is C15H21N3S. The summed E-state index contributed by atoms with van der Waals surface area (Å²) in [6.07, 6.45) is 4.82. The van der Waals surface area contributed by atoms with E-state index in [0.717, 1.165) is 28.6 Å². The van der Waals surface area contributed by atoms with E-state index in [0.29, 0.717) is 6.04 Å². The molecule has 0 aliphatic heterocycles. The monoisotopic (exact) mass is 275 g/mol. The van der Waals surface area contributed by atoms with E-state index in [1.54, 1.807) is 6.20 Å². The Balaban J connectivity index is 2.14. The fourth-order valence-electron chi connectivity index (χ4n) is 2.08. The molecule has 1 unspecified atom stereocenters. The highest BCUT2D eigenvalue weighted by Crippen LogP contribution is 2.28. The minimum absolute atomic E-state index is 0.450. The van der Waals surface area contributed by atoms with Crippen LogP contribution in [-0.2, 0) is 0 Å². The second-order valence-electron chi connectivity index (χ2n) is 4.65. The molecule has 2 rings (SSSR count). The van der Waals surface area contributed by atoms with Crippen LogP contribution in [0.15, 0.2) is 30.6 Å². The van der Waals surface area contributed by atoms with Gasteiger partial charge < -0.3 is 11.1 Å². The molecule has 0 bridgehead atoms. The van der Waals surface area contributed by atoms with Crippen molar-refractivity contribution < 1.29 is 0 Å². The number of nitrogen functional groups attached to an aromatic ring is 1. The SMILES string of the molecule is CCSCCC(C)Nc1ccc(N)c2ccncc12. The summed E-state index contributed by atoms with van der Waals surface area (Å²) in [5.41, 5.74) is 7.92. The van der Waals surface area contributed by atoms with Crippen molar-refractivity contribution in [2.75, 3.05) is 22.6 Å². The Morgan fingerprint density at radius 2 is 2.16 bits per heavy atom. The van der Waals surface area contributed by atoms with E-state index in [1.807, 2.05) is 36.2 Å². The third kappa shape index (κ3) is 3.53. The zero-order valence-corrected chi connectivity index (χ0v) is 12.3. The maximum absolute atomic E-state index is 6.00. The first kappa shape index (κ1) is 14.0. The van der Waals surface area contributed by atoms with Gasteiger partial charge in [0.25, 0.3) is 0 Å². The largest absolute Gasteiger partial charge is 0.398 e. The second-order valence-corrected chi connectivity index (χ2v) is 6.05. The van der Waals surface area contributed by atoms with Gasteiger partial charge in [0, 0.05) is 40.6 Å². The van der Waals surface area contributed by atoms with Gasteiger partial charge in [-0.3, -0.25) is 4.98 Å². The van der Waals surface area contributed by atoms with Crippen LogP contribution < -0.4 is 11.1 Å². The van der Waals surface area contributed by atoms with Gasteiger partial charge in [-0.05, 0) is 43.0 Å². The molecule has 0 aliphatic rings. The molecule has 3 N–H and O–H groups in total. The van der Waals surface area contributed by atoms with E-state index in [1.165, 1.54) is 11.5 Å². The average molecular weight is 275 g/mol. The normalized spacial score (nSPS) is 12.5. The van der Waals surface area contributed by atoms with Crippen LogP contribution in [0.3, 0.4) is 0 Å². The van der Waals surface area contributed by atoms with Gasteiger partial charge in [0.1, 0.15) is 0 Å². The van der Waals surface area contributed by atoms with Crippen molar-refractivity contribution in [3.8, 4) is 0 Å². The molecule has 0 fully saturated rings. The summed E-state index contributed by atoms with van der Waals surface area (Å²) in [5, 5.41) is 5.72. The van der Waals surface area contributed by atoms with E-state index in [4.69, 9.17) is 5.73 Å². The Kier molecular flexibility index (Phi) is 4.91. The standard InChI is InChI=1S/C15H21N3S/c1-3-19-9-7-11(2)18-15-5-4-14(16)12-6-8-17-10-13(12)15/h4-6,8,10-11,18H,3,7,9,16H2,1-2H3. The van der Waals surface area contributed by atoms with Gasteiger partial charge in [-0.2, -0.15) is 11.8 Å². The number of benzene rings is 1. The number of pyridine rings is 1. The van der Waals surface area contributed by atoms with Crippen LogP contribution in [-0.4, -0.2) is 22.5 Å². The van der Waals surface area contributed by atoms with Crippen molar-refractivity contribution in [3.63, 3.8) is 0 Å². The minimum Gasteiger partial charge on any atom is -0.398 e. The molecule has 0 aliphatic carbocycles. The third-order valence-corrected chi connectivity index (χ3v) is 4.09. The topological polar surface area (TPSA) is 50.9 Å². The zero-order chi connectivity index (χ0) is 13.7. The molecule has 0 spiro atoms. The summed E-state index contributed by atoms with van der Waals surface area (Å²) in [5.74, 6) is 2.37. The lowest BCUT2D eigenvalue weighted by Gasteiger charge is -2.17. The van der Waals surface area contributed by atoms with Crippen LogP contribution in [0.5, 0.6) is 0 Å². The van der Waals surface area contributed by atoms with Crippen molar-refractivity contribution in [2.24, 2.45) is 0 Å². The van der Waals surface area contributed by atoms with Gasteiger partial charge in [0.2, 0.25) is 0 Å². The van der Waals surface area contributed by atoms with Gasteiger partial charge in [-0.1, -0.05) is 6.92 Å². The van der Waals surface area contributed by atoms with Crippen LogP contribution in [0.4, 0.5) is 11.4 Å². The predicted octanol–water partition coefficient (Wildman–Crippen LogP) is 3.76. The highest BCUT2D eigenvalue weighted by Gasteiger charge is 2.07. The summed E-state index contributed by atoms with van der Waals surface area (Å²) in [6, 6.07) is 6.42. The predicted molar refractivity (Wildman–Crippen MR) is 86.9 cm³/mol. The Morgan fingerprint density at radius 1 is 1.32 bits per heavy atom. The van der Waals surface area contributed by atoms with Crippen LogP contribution in [0.25, 0.3) is 10.8 Å². The summed E-state index contributed by atoms with van der Waals surface area (Å²) < 4.78 is 0. The van der Waals surface area contributed by atoms with E-state index in [9.17, 15) is 0 Å². The molecule has 4 heteroatoms. The Bertz CT molecular complexity index is 542. The Labute approximate surface area is 119 Å². The first-order valence-corrected chi connectivity index (χ1v) is 7.84. The quantitative estimate of drug-likeness (QED) is 0.622. The molecule has 0 saturated heterocycles. The maximum atomic E-state index is 6.00. The summed E-state index contributed by atoms with van der Waals surface area (Å²) in [6.45, 7) is 4.41. The Hall–Kier alpha value is -1.42. The number of nitrogens with two attached hydrogens (primary N) is 1. The summed E-state index contributed by atoms with van der Waals surface area (Å²) in [7, 11) is 0. The molecule has 1 atom stereocenters. The Morgan fingerprint density at radius 3 is 2.95 bits per heavy atom. The lowest BCUT2D eigenvalue weighted by atomic mass is 10.1. The van der Waals surface area contributed by atoms with Crippen molar-refractivity contribution in [2.45, 2.75) is 26.3 Å². The van der Waals surface area contributed by atoms with Crippen molar-refractivity contribution >= 4 is 33.9 Å². The highest BCUT2D eigenvalue weighted by atomic mass is 32.2. The number of aromatic nitrogens is 1. The van der Waals surface area contributed by atoms with E-state index >= 15 is 0 Å². The number of rotatable bonds is 6. The molecule has 0 radical (unpaired) electrons. The second kappa shape index (κ2) is 6.66. The molecule has 0 saturated carbocycles. The summed E-state index contributed by atoms with van der Waals surface area (Å²) in [4.78, 5) is 4.20. The number of hydrogen-bond donors (Lipinski definition) is 2. The summed E-state index contributed by atoms with van der Waals surface area (Å²) >= 11 is 1.98. The van der Waals surface area contributed by atoms with Gasteiger partial charge in [0.15, 0.2) is 0 Å². The number of thioether (sulfide) groups is 1. The molecule has 1 heterocycles. The maximum Gasteiger partial charge on any atom is 0.0439 e. The third-order valence-electron chi connectivity index (χ3n) is 3.15. The van der Waals surface area contributed by atoms with Crippen molar-refractivity contribution in [1.82, 2.24) is 4.98 Å². The van der Waals surface area contributed by atoms with Gasteiger partial charge >= 0.3 is 0 Å². The smallest absolute Gasteiger partial charge is 0.0439 e. The first-order chi connectivity index (χ1) is 9.22. The molecule has 2 aromatic rings. The average Bonchev–Trinajstić information content (AvgIpc) is 2.43. The molecule has 19 heavy (non-hydrogen) atoms. The first-order valence-electron chi connectivity index (χ1n) is 6.69. The molecular weight excluding hydrogens is 254 g/mol. The zero-order valence-electron chi connectivity index (χ0n) is 11.5. The van der Waals surface area contributed by atoms with Gasteiger partial charge in [-0.15, -0.1) is 0 Å². The van der Waals surface area contributed by atoms with Crippen molar-refractivity contribution in [3.05, 3.63) is 30.6 Å². The minimum atomic E-state index is 0.450. The fraction of sp³-hybridized carbons (Fsp3) is 0.400. The number of hydrogen-bond acceptors (Lipinski definition) is 4. The van der Waals surface area contributed by atoms with Gasteiger partial charge in [0.05, 0.1) is 0 Å². The molecule has 3 nitrogen and oxygen atoms in total. The van der Waals surface area contributed by atoms with Crippen molar-refractivity contribution in [1.29, 1.82) is 0 Å². The lowest BCUT2D eigenvalue weighted by molar-refractivity contribution is 0.773. The van der Waals surface area contributed by atoms with Gasteiger partial charge in [-0.25, -0.2) is 0 Å². The molecule has 1 aromatic carbocycles. The number of nitrogens with one attached hydrogen (secondary N) is 1. The number of nitrogens with zero attached hydrogens (tertiary/aromatic N) is 1. The van der Waals surface area contributed by atoms with Crippen LogP contribution in [0.1, 0.15) is 20.3 Å². The number of fused-ring (bicyclic) bond motifs is 1. The van der Waals surface area contributed by atoms with E-state index in [2.05, 4.69) is 24.1 Å². The van der Waals surface area contributed by atoms with Crippen LogP contribution in [0.2, 0.25) is 0 Å². The van der Waals surface area contributed by atoms with Crippen LogP contribution in [0, 0.1) is 0 Å². The number of anilines is 2. The highest BCUT2D eigenvalue weighted by molar-refractivity contribution is 7.99. The molecule has 1 aromatic heterocycles. The van der Waals surface area contributed by atoms with Crippen LogP contribution >= 0.6 is 11.8 Å². The fourth-order valence-corrected chi connectivity index (χ4v) is 2.89.